The van der Waals surface area contributed by atoms with Crippen LogP contribution < -0.4 is 5.32 Å². The van der Waals surface area contributed by atoms with Gasteiger partial charge in [0, 0.05) is 19.6 Å². The van der Waals surface area contributed by atoms with E-state index in [0.717, 1.165) is 38.0 Å². The summed E-state index contributed by atoms with van der Waals surface area (Å²) in [7, 11) is 4.15. The lowest BCUT2D eigenvalue weighted by Crippen LogP contribution is -2.41. The summed E-state index contributed by atoms with van der Waals surface area (Å²) in [6.45, 7) is 7.47. The topological polar surface area (TPSA) is 15.3 Å². The van der Waals surface area contributed by atoms with Crippen LogP contribution in [0, 0.1) is 11.2 Å². The lowest BCUT2D eigenvalue weighted by molar-refractivity contribution is 0.153. The summed E-state index contributed by atoms with van der Waals surface area (Å²) in [5.41, 5.74) is 1.48. The van der Waals surface area contributed by atoms with Gasteiger partial charge in [0.05, 0.1) is 0 Å². The molecule has 0 fully saturated rings. The van der Waals surface area contributed by atoms with Gasteiger partial charge in [0.1, 0.15) is 5.82 Å². The Morgan fingerprint density at radius 3 is 2.21 bits per heavy atom. The molecule has 0 saturated heterocycles. The highest BCUT2D eigenvalue weighted by atomic mass is 19.1. The van der Waals surface area contributed by atoms with Crippen LogP contribution in [0.5, 0.6) is 0 Å². The van der Waals surface area contributed by atoms with E-state index in [2.05, 4.69) is 31.1 Å². The minimum atomic E-state index is -0.168. The zero-order chi connectivity index (χ0) is 14.3. The Morgan fingerprint density at radius 2 is 1.74 bits per heavy atom. The average Bonchev–Trinajstić information content (AvgIpc) is 2.41. The summed E-state index contributed by atoms with van der Waals surface area (Å²) in [5.74, 6) is -0.168. The van der Waals surface area contributed by atoms with Gasteiger partial charge in [0.2, 0.25) is 0 Å². The number of hydrogen-bond acceptors (Lipinski definition) is 2. The van der Waals surface area contributed by atoms with Crippen LogP contribution in [0.4, 0.5) is 4.39 Å². The fraction of sp³-hybridized carbons (Fsp3) is 0.625. The molecule has 0 heterocycles. The first-order chi connectivity index (χ1) is 9.05. The maximum Gasteiger partial charge on any atom is 0.123 e. The molecule has 0 aromatic heterocycles. The van der Waals surface area contributed by atoms with Crippen molar-refractivity contribution in [3.63, 3.8) is 0 Å². The van der Waals surface area contributed by atoms with Crippen molar-refractivity contribution in [3.05, 3.63) is 35.6 Å². The molecule has 0 saturated carbocycles. The summed E-state index contributed by atoms with van der Waals surface area (Å²) in [4.78, 5) is 2.33. The van der Waals surface area contributed by atoms with E-state index in [9.17, 15) is 4.39 Å². The zero-order valence-electron chi connectivity index (χ0n) is 12.7. The molecule has 3 heteroatoms. The van der Waals surface area contributed by atoms with Crippen LogP contribution in [0.3, 0.4) is 0 Å². The molecule has 1 rings (SSSR count). The van der Waals surface area contributed by atoms with Crippen molar-refractivity contribution in [2.75, 3.05) is 27.2 Å². The molecule has 2 nitrogen and oxygen atoms in total. The van der Waals surface area contributed by atoms with Crippen LogP contribution in [0.1, 0.15) is 32.3 Å². The van der Waals surface area contributed by atoms with E-state index in [4.69, 9.17) is 0 Å². The SMILES string of the molecule is CCC(CC)(CNC)CN(C)Cc1ccc(F)cc1. The third-order valence-electron chi connectivity index (χ3n) is 4.02. The predicted molar refractivity (Wildman–Crippen MR) is 79.7 cm³/mol. The third kappa shape index (κ3) is 4.92. The Hall–Kier alpha value is -0.930. The van der Waals surface area contributed by atoms with Crippen LogP contribution in [0.25, 0.3) is 0 Å². The summed E-state index contributed by atoms with van der Waals surface area (Å²) in [5, 5.41) is 3.31. The molecule has 19 heavy (non-hydrogen) atoms. The van der Waals surface area contributed by atoms with Gasteiger partial charge in [0.15, 0.2) is 0 Å². The molecule has 0 aliphatic rings. The Labute approximate surface area is 117 Å². The van der Waals surface area contributed by atoms with Crippen molar-refractivity contribution >= 4 is 0 Å². The molecule has 0 aliphatic heterocycles. The van der Waals surface area contributed by atoms with Crippen LogP contribution in [0.15, 0.2) is 24.3 Å². The van der Waals surface area contributed by atoms with Crippen molar-refractivity contribution in [3.8, 4) is 0 Å². The van der Waals surface area contributed by atoms with Crippen molar-refractivity contribution in [2.24, 2.45) is 5.41 Å². The molecule has 0 spiro atoms. The summed E-state index contributed by atoms with van der Waals surface area (Å²) >= 11 is 0. The van der Waals surface area contributed by atoms with E-state index in [1.165, 1.54) is 12.1 Å². The van der Waals surface area contributed by atoms with Crippen molar-refractivity contribution in [1.82, 2.24) is 10.2 Å². The molecule has 1 N–H and O–H groups in total. The molecule has 0 atom stereocenters. The highest BCUT2D eigenvalue weighted by molar-refractivity contribution is 5.15. The Bertz CT molecular complexity index is 358. The minimum absolute atomic E-state index is 0.168. The lowest BCUT2D eigenvalue weighted by atomic mass is 9.81. The summed E-state index contributed by atoms with van der Waals surface area (Å²) < 4.78 is 12.9. The lowest BCUT2D eigenvalue weighted by Gasteiger charge is -2.35. The second-order valence-corrected chi connectivity index (χ2v) is 5.54. The van der Waals surface area contributed by atoms with Gasteiger partial charge >= 0.3 is 0 Å². The Morgan fingerprint density at radius 1 is 1.16 bits per heavy atom. The Balaban J connectivity index is 2.61. The van der Waals surface area contributed by atoms with Gasteiger partial charge in [-0.15, -0.1) is 0 Å². The number of nitrogens with one attached hydrogen (secondary N) is 1. The molecule has 0 unspecified atom stereocenters. The highest BCUT2D eigenvalue weighted by Crippen LogP contribution is 2.27. The fourth-order valence-electron chi connectivity index (χ4n) is 2.68. The van der Waals surface area contributed by atoms with Gasteiger partial charge in [-0.3, -0.25) is 0 Å². The number of benzene rings is 1. The predicted octanol–water partition coefficient (Wildman–Crippen LogP) is 3.28. The monoisotopic (exact) mass is 266 g/mol. The number of rotatable bonds is 8. The summed E-state index contributed by atoms with van der Waals surface area (Å²) in [6, 6.07) is 6.79. The average molecular weight is 266 g/mol. The van der Waals surface area contributed by atoms with E-state index in [1.54, 1.807) is 0 Å². The molecule has 1 aromatic rings. The minimum Gasteiger partial charge on any atom is -0.319 e. The first-order valence-electron chi connectivity index (χ1n) is 7.13. The molecule has 0 amide bonds. The first-order valence-corrected chi connectivity index (χ1v) is 7.13. The van der Waals surface area contributed by atoms with E-state index < -0.39 is 0 Å². The maximum absolute atomic E-state index is 12.9. The molecular weight excluding hydrogens is 239 g/mol. The molecule has 0 aliphatic carbocycles. The van der Waals surface area contributed by atoms with E-state index in [-0.39, 0.29) is 5.82 Å². The quantitative estimate of drug-likeness (QED) is 0.777. The van der Waals surface area contributed by atoms with E-state index in [1.807, 2.05) is 19.2 Å². The zero-order valence-corrected chi connectivity index (χ0v) is 12.7. The van der Waals surface area contributed by atoms with Crippen molar-refractivity contribution in [1.29, 1.82) is 0 Å². The highest BCUT2D eigenvalue weighted by Gasteiger charge is 2.26. The van der Waals surface area contributed by atoms with Gasteiger partial charge in [-0.25, -0.2) is 4.39 Å². The normalized spacial score (nSPS) is 12.1. The molecule has 0 bridgehead atoms. The van der Waals surface area contributed by atoms with Gasteiger partial charge < -0.3 is 10.2 Å². The summed E-state index contributed by atoms with van der Waals surface area (Å²) in [6.07, 6.45) is 2.33. The number of halogens is 1. The fourth-order valence-corrected chi connectivity index (χ4v) is 2.68. The van der Waals surface area contributed by atoms with Crippen LogP contribution in [-0.4, -0.2) is 32.1 Å². The van der Waals surface area contributed by atoms with Gasteiger partial charge in [0.25, 0.3) is 0 Å². The van der Waals surface area contributed by atoms with Gasteiger partial charge in [-0.2, -0.15) is 0 Å². The second kappa shape index (κ2) is 7.61. The molecular formula is C16H27FN2. The molecule has 0 radical (unpaired) electrons. The Kier molecular flexibility index (Phi) is 6.46. The van der Waals surface area contributed by atoms with Crippen LogP contribution >= 0.6 is 0 Å². The second-order valence-electron chi connectivity index (χ2n) is 5.54. The number of hydrogen-bond donors (Lipinski definition) is 1. The van der Waals surface area contributed by atoms with Crippen LogP contribution in [0.2, 0.25) is 0 Å². The van der Waals surface area contributed by atoms with Gasteiger partial charge in [-0.05, 0) is 50.0 Å². The molecule has 108 valence electrons. The standard InChI is InChI=1S/C16H27FN2/c1-5-16(6-2,12-18-3)13-19(4)11-14-7-9-15(17)10-8-14/h7-10,18H,5-6,11-13H2,1-4H3. The van der Waals surface area contributed by atoms with Crippen LogP contribution in [-0.2, 0) is 6.54 Å². The smallest absolute Gasteiger partial charge is 0.123 e. The third-order valence-corrected chi connectivity index (χ3v) is 4.02. The van der Waals surface area contributed by atoms with Crippen molar-refractivity contribution < 1.29 is 4.39 Å². The maximum atomic E-state index is 12.9. The molecule has 1 aromatic carbocycles. The van der Waals surface area contributed by atoms with Gasteiger partial charge in [-0.1, -0.05) is 26.0 Å². The largest absolute Gasteiger partial charge is 0.319 e. The number of nitrogens with zero attached hydrogens (tertiary/aromatic N) is 1. The first kappa shape index (κ1) is 16.1. The van der Waals surface area contributed by atoms with Crippen molar-refractivity contribution in [2.45, 2.75) is 33.2 Å². The van der Waals surface area contributed by atoms with E-state index in [0.29, 0.717) is 5.41 Å². The van der Waals surface area contributed by atoms with E-state index >= 15 is 0 Å².